The Morgan fingerprint density at radius 2 is 2.15 bits per heavy atom. The molecule has 2 N–H and O–H groups in total. The molecule has 108 valence electrons. The Hall–Kier alpha value is -1.49. The zero-order valence-corrected chi connectivity index (χ0v) is 13.7. The van der Waals surface area contributed by atoms with Gasteiger partial charge < -0.3 is 15.0 Å². The fraction of sp³-hybridized carbons (Fsp3) is 0.400. The number of aryl methyl sites for hydroxylation is 1. The number of unbranched alkanes of at least 4 members (excludes halogenated alkanes) is 1. The lowest BCUT2D eigenvalue weighted by Crippen LogP contribution is -2.05. The van der Waals surface area contributed by atoms with Crippen LogP contribution < -0.4 is 10.5 Å². The summed E-state index contributed by atoms with van der Waals surface area (Å²) in [5.74, 6) is 2.45. The van der Waals surface area contributed by atoms with Gasteiger partial charge in [0.2, 0.25) is 0 Å². The maximum absolute atomic E-state index is 6.28. The Balaban J connectivity index is 2.48. The Morgan fingerprint density at radius 1 is 1.40 bits per heavy atom. The van der Waals surface area contributed by atoms with Crippen molar-refractivity contribution in [2.45, 2.75) is 33.2 Å². The minimum Gasteiger partial charge on any atom is -0.497 e. The zero-order chi connectivity index (χ0) is 14.7. The van der Waals surface area contributed by atoms with Gasteiger partial charge in [-0.25, -0.2) is 4.98 Å². The number of anilines is 1. The summed E-state index contributed by atoms with van der Waals surface area (Å²) >= 11 is 3.56. The van der Waals surface area contributed by atoms with Crippen molar-refractivity contribution in [2.75, 3.05) is 12.8 Å². The van der Waals surface area contributed by atoms with Gasteiger partial charge >= 0.3 is 0 Å². The number of nitrogens with two attached hydrogens (primary N) is 1. The molecule has 4 nitrogen and oxygen atoms in total. The monoisotopic (exact) mass is 337 g/mol. The number of aromatic nitrogens is 2. The van der Waals surface area contributed by atoms with Gasteiger partial charge in [-0.15, -0.1) is 0 Å². The molecule has 1 aromatic heterocycles. The molecule has 2 rings (SSSR count). The summed E-state index contributed by atoms with van der Waals surface area (Å²) in [6.07, 6.45) is 2.23. The molecular formula is C15H20BrN3O. The average molecular weight is 338 g/mol. The van der Waals surface area contributed by atoms with Crippen molar-refractivity contribution >= 4 is 21.7 Å². The smallest absolute Gasteiger partial charge is 0.131 e. The van der Waals surface area contributed by atoms with Gasteiger partial charge in [-0.3, -0.25) is 0 Å². The first-order chi connectivity index (χ1) is 9.58. The normalized spacial score (nSPS) is 10.8. The minimum absolute atomic E-state index is 0.713. The summed E-state index contributed by atoms with van der Waals surface area (Å²) in [4.78, 5) is 4.62. The molecule has 2 aromatic rings. The van der Waals surface area contributed by atoms with Crippen molar-refractivity contribution in [3.63, 3.8) is 0 Å². The van der Waals surface area contributed by atoms with Crippen LogP contribution in [0.15, 0.2) is 22.7 Å². The van der Waals surface area contributed by atoms with E-state index in [2.05, 4.69) is 32.4 Å². The van der Waals surface area contributed by atoms with E-state index in [0.29, 0.717) is 5.82 Å². The lowest BCUT2D eigenvalue weighted by molar-refractivity contribution is 0.415. The molecule has 0 unspecified atom stereocenters. The Kier molecular flexibility index (Phi) is 4.70. The Bertz CT molecular complexity index is 607. The van der Waals surface area contributed by atoms with Crippen molar-refractivity contribution in [3.8, 4) is 17.0 Å². The van der Waals surface area contributed by atoms with Crippen LogP contribution in [0.25, 0.3) is 11.3 Å². The SMILES string of the molecule is CCCCn1c(C)nc(-c2cc(OC)ccc2Br)c1N. The first-order valence-corrected chi connectivity index (χ1v) is 7.54. The van der Waals surface area contributed by atoms with E-state index < -0.39 is 0 Å². The molecule has 0 amide bonds. The summed E-state index contributed by atoms with van der Waals surface area (Å²) in [5.41, 5.74) is 8.04. The molecule has 5 heteroatoms. The van der Waals surface area contributed by atoms with Crippen molar-refractivity contribution in [2.24, 2.45) is 0 Å². The van der Waals surface area contributed by atoms with Crippen LogP contribution in [0.2, 0.25) is 0 Å². The van der Waals surface area contributed by atoms with E-state index in [0.717, 1.165) is 46.7 Å². The van der Waals surface area contributed by atoms with Gasteiger partial charge in [-0.2, -0.15) is 0 Å². The number of nitrogens with zero attached hydrogens (tertiary/aromatic N) is 2. The molecule has 0 spiro atoms. The van der Waals surface area contributed by atoms with Crippen LogP contribution in [-0.4, -0.2) is 16.7 Å². The Morgan fingerprint density at radius 3 is 2.80 bits per heavy atom. The van der Waals surface area contributed by atoms with Gasteiger partial charge in [0.05, 0.1) is 7.11 Å². The van der Waals surface area contributed by atoms with Gasteiger partial charge in [-0.05, 0) is 31.5 Å². The second-order valence-corrected chi connectivity index (χ2v) is 5.60. The molecule has 0 fully saturated rings. The van der Waals surface area contributed by atoms with Crippen molar-refractivity contribution < 1.29 is 4.74 Å². The molecule has 1 aromatic carbocycles. The number of nitrogen functional groups attached to an aromatic ring is 1. The van der Waals surface area contributed by atoms with Crippen LogP contribution in [0, 0.1) is 6.92 Å². The number of methoxy groups -OCH3 is 1. The van der Waals surface area contributed by atoms with E-state index in [-0.39, 0.29) is 0 Å². The third-order valence-electron chi connectivity index (χ3n) is 3.36. The maximum Gasteiger partial charge on any atom is 0.131 e. The molecule has 1 heterocycles. The van der Waals surface area contributed by atoms with E-state index >= 15 is 0 Å². The molecule has 0 bridgehead atoms. The minimum atomic E-state index is 0.713. The third-order valence-corrected chi connectivity index (χ3v) is 4.05. The first-order valence-electron chi connectivity index (χ1n) is 6.75. The largest absolute Gasteiger partial charge is 0.497 e. The predicted octanol–water partition coefficient (Wildman–Crippen LogP) is 4.01. The van der Waals surface area contributed by atoms with Gasteiger partial charge in [-0.1, -0.05) is 29.3 Å². The van der Waals surface area contributed by atoms with Gasteiger partial charge in [0, 0.05) is 16.6 Å². The van der Waals surface area contributed by atoms with Crippen molar-refractivity contribution in [1.29, 1.82) is 0 Å². The standard InChI is InChI=1S/C15H20BrN3O/c1-4-5-8-19-10(2)18-14(15(19)17)12-9-11(20-3)6-7-13(12)16/h6-7,9H,4-5,8,17H2,1-3H3. The number of rotatable bonds is 5. The Labute approximate surface area is 128 Å². The number of halogens is 1. The molecule has 0 saturated carbocycles. The van der Waals surface area contributed by atoms with E-state index in [1.54, 1.807) is 7.11 Å². The summed E-state index contributed by atoms with van der Waals surface area (Å²) in [7, 11) is 1.65. The lowest BCUT2D eigenvalue weighted by Gasteiger charge is -2.08. The molecule has 0 atom stereocenters. The van der Waals surface area contributed by atoms with E-state index in [4.69, 9.17) is 10.5 Å². The third kappa shape index (κ3) is 2.82. The summed E-state index contributed by atoms with van der Waals surface area (Å²) in [6.45, 7) is 5.06. The van der Waals surface area contributed by atoms with Crippen LogP contribution in [0.4, 0.5) is 5.82 Å². The second kappa shape index (κ2) is 6.31. The highest BCUT2D eigenvalue weighted by Gasteiger charge is 2.16. The quantitative estimate of drug-likeness (QED) is 0.896. The predicted molar refractivity (Wildman–Crippen MR) is 86.0 cm³/mol. The average Bonchev–Trinajstić information content (AvgIpc) is 2.72. The topological polar surface area (TPSA) is 53.1 Å². The highest BCUT2D eigenvalue weighted by molar-refractivity contribution is 9.10. The van der Waals surface area contributed by atoms with Crippen LogP contribution in [0.1, 0.15) is 25.6 Å². The van der Waals surface area contributed by atoms with Crippen LogP contribution in [0.3, 0.4) is 0 Å². The summed E-state index contributed by atoms with van der Waals surface area (Å²) in [5, 5.41) is 0. The molecule has 0 aliphatic carbocycles. The van der Waals surface area contributed by atoms with E-state index in [1.807, 2.05) is 25.1 Å². The fourth-order valence-corrected chi connectivity index (χ4v) is 2.63. The van der Waals surface area contributed by atoms with E-state index in [9.17, 15) is 0 Å². The number of benzene rings is 1. The second-order valence-electron chi connectivity index (χ2n) is 4.74. The highest BCUT2D eigenvalue weighted by atomic mass is 79.9. The lowest BCUT2D eigenvalue weighted by atomic mass is 10.1. The molecule has 0 aliphatic rings. The number of imidazole rings is 1. The molecular weight excluding hydrogens is 318 g/mol. The molecule has 0 radical (unpaired) electrons. The van der Waals surface area contributed by atoms with Gasteiger partial charge in [0.15, 0.2) is 0 Å². The summed E-state index contributed by atoms with van der Waals surface area (Å²) in [6, 6.07) is 5.81. The fourth-order valence-electron chi connectivity index (χ4n) is 2.19. The highest BCUT2D eigenvalue weighted by Crippen LogP contribution is 2.35. The number of hydrogen-bond donors (Lipinski definition) is 1. The summed E-state index contributed by atoms with van der Waals surface area (Å²) < 4.78 is 8.31. The van der Waals surface area contributed by atoms with Crippen LogP contribution in [-0.2, 0) is 6.54 Å². The van der Waals surface area contributed by atoms with Crippen molar-refractivity contribution in [3.05, 3.63) is 28.5 Å². The molecule has 0 saturated heterocycles. The van der Waals surface area contributed by atoms with E-state index in [1.165, 1.54) is 0 Å². The molecule has 0 aliphatic heterocycles. The first kappa shape index (κ1) is 14.9. The van der Waals surface area contributed by atoms with Crippen LogP contribution in [0.5, 0.6) is 5.75 Å². The molecule has 20 heavy (non-hydrogen) atoms. The van der Waals surface area contributed by atoms with Gasteiger partial charge in [0.25, 0.3) is 0 Å². The van der Waals surface area contributed by atoms with Gasteiger partial charge in [0.1, 0.15) is 23.1 Å². The van der Waals surface area contributed by atoms with Crippen molar-refractivity contribution in [1.82, 2.24) is 9.55 Å². The van der Waals surface area contributed by atoms with Crippen LogP contribution >= 0.6 is 15.9 Å². The number of ether oxygens (including phenoxy) is 1. The zero-order valence-electron chi connectivity index (χ0n) is 12.1. The number of hydrogen-bond acceptors (Lipinski definition) is 3. The maximum atomic E-state index is 6.28.